The van der Waals surface area contributed by atoms with Gasteiger partial charge in [0.05, 0.1) is 12.1 Å². The molecule has 1 amide bonds. The molecule has 0 atom stereocenters. The van der Waals surface area contributed by atoms with E-state index in [-0.39, 0.29) is 5.91 Å². The van der Waals surface area contributed by atoms with Crippen LogP contribution in [0.25, 0.3) is 0 Å². The topological polar surface area (TPSA) is 73.9 Å². The minimum atomic E-state index is -0.0448. The molecule has 2 N–H and O–H groups in total. The summed E-state index contributed by atoms with van der Waals surface area (Å²) in [6.45, 7) is 5.15. The van der Waals surface area contributed by atoms with Crippen molar-refractivity contribution in [2.45, 2.75) is 26.8 Å². The number of benzene rings is 1. The van der Waals surface area contributed by atoms with E-state index in [0.29, 0.717) is 17.9 Å². The molecule has 6 heteroatoms. The van der Waals surface area contributed by atoms with Gasteiger partial charge < -0.3 is 10.2 Å². The molecule has 6 nitrogen and oxygen atoms in total. The molecule has 0 unspecified atom stereocenters. The number of hydrogen-bond donors (Lipinski definition) is 2. The van der Waals surface area contributed by atoms with E-state index >= 15 is 0 Å². The number of para-hydroxylation sites is 1. The number of hydrogen-bond acceptors (Lipinski definition) is 4. The molecule has 0 aliphatic heterocycles. The Morgan fingerprint density at radius 2 is 2.14 bits per heavy atom. The van der Waals surface area contributed by atoms with Gasteiger partial charge in [0.15, 0.2) is 5.82 Å². The molecule has 0 aliphatic rings. The largest absolute Gasteiger partial charge is 0.384 e. The van der Waals surface area contributed by atoms with Crippen LogP contribution in [0.5, 0.6) is 0 Å². The number of anilines is 1. The maximum atomic E-state index is 12.6. The lowest BCUT2D eigenvalue weighted by molar-refractivity contribution is 0.0782. The van der Waals surface area contributed by atoms with E-state index in [2.05, 4.69) is 27.4 Å². The average molecular weight is 287 g/mol. The van der Waals surface area contributed by atoms with E-state index < -0.39 is 0 Å². The molecule has 1 heterocycles. The molecular formula is C15H21N5O. The molecule has 2 aromatic rings. The van der Waals surface area contributed by atoms with Crippen LogP contribution in [0.3, 0.4) is 0 Å². The number of amides is 1. The summed E-state index contributed by atoms with van der Waals surface area (Å²) >= 11 is 0. The predicted octanol–water partition coefficient (Wildman–Crippen LogP) is 2.21. The highest BCUT2D eigenvalue weighted by Gasteiger charge is 2.16. The first kappa shape index (κ1) is 15.0. The van der Waals surface area contributed by atoms with Gasteiger partial charge in [0.2, 0.25) is 0 Å². The third-order valence-corrected chi connectivity index (χ3v) is 3.09. The first-order valence-electron chi connectivity index (χ1n) is 7.08. The van der Waals surface area contributed by atoms with Crippen molar-refractivity contribution in [3.05, 3.63) is 41.5 Å². The summed E-state index contributed by atoms with van der Waals surface area (Å²) < 4.78 is 0. The van der Waals surface area contributed by atoms with Crippen LogP contribution in [0.2, 0.25) is 0 Å². The van der Waals surface area contributed by atoms with Gasteiger partial charge in [-0.05, 0) is 25.5 Å². The minimum Gasteiger partial charge on any atom is -0.384 e. The van der Waals surface area contributed by atoms with Gasteiger partial charge in [-0.15, -0.1) is 0 Å². The number of aromatic nitrogens is 3. The number of nitrogens with zero attached hydrogens (tertiary/aromatic N) is 3. The highest BCUT2D eigenvalue weighted by atomic mass is 16.2. The molecule has 0 saturated heterocycles. The maximum Gasteiger partial charge on any atom is 0.256 e. The zero-order chi connectivity index (χ0) is 15.2. The summed E-state index contributed by atoms with van der Waals surface area (Å²) in [4.78, 5) is 18.4. The van der Waals surface area contributed by atoms with E-state index in [1.165, 1.54) is 0 Å². The summed E-state index contributed by atoms with van der Waals surface area (Å²) in [6.07, 6.45) is 1.01. The van der Waals surface area contributed by atoms with Crippen LogP contribution in [0, 0.1) is 6.92 Å². The Hall–Kier alpha value is -2.37. The molecule has 0 radical (unpaired) electrons. The molecule has 0 aliphatic carbocycles. The van der Waals surface area contributed by atoms with Crippen molar-refractivity contribution in [2.75, 3.05) is 18.9 Å². The molecule has 21 heavy (non-hydrogen) atoms. The van der Waals surface area contributed by atoms with Crippen molar-refractivity contribution in [3.8, 4) is 0 Å². The van der Waals surface area contributed by atoms with Crippen LogP contribution in [0.1, 0.15) is 35.4 Å². The monoisotopic (exact) mass is 287 g/mol. The standard InChI is InChI=1S/C15H21N5O/c1-4-9-16-13-8-6-5-7-12(13)15(21)20(3)10-14-17-11(2)18-19-14/h5-8,16H,4,9-10H2,1-3H3,(H,17,18,19). The van der Waals surface area contributed by atoms with Crippen molar-refractivity contribution in [1.82, 2.24) is 20.1 Å². The summed E-state index contributed by atoms with van der Waals surface area (Å²) in [7, 11) is 1.75. The van der Waals surface area contributed by atoms with Crippen LogP contribution in [-0.4, -0.2) is 39.6 Å². The van der Waals surface area contributed by atoms with E-state index in [9.17, 15) is 4.79 Å². The molecule has 0 bridgehead atoms. The SMILES string of the molecule is CCCNc1ccccc1C(=O)N(C)Cc1n[nH]c(C)n1. The van der Waals surface area contributed by atoms with E-state index in [0.717, 1.165) is 24.5 Å². The number of aromatic amines is 1. The van der Waals surface area contributed by atoms with E-state index in [1.54, 1.807) is 11.9 Å². The Kier molecular flexibility index (Phi) is 4.92. The molecular weight excluding hydrogens is 266 g/mol. The molecule has 112 valence electrons. The van der Waals surface area contributed by atoms with E-state index in [1.807, 2.05) is 31.2 Å². The van der Waals surface area contributed by atoms with Gasteiger partial charge in [0.25, 0.3) is 5.91 Å². The van der Waals surface area contributed by atoms with Gasteiger partial charge >= 0.3 is 0 Å². The van der Waals surface area contributed by atoms with Crippen molar-refractivity contribution in [1.29, 1.82) is 0 Å². The highest BCUT2D eigenvalue weighted by molar-refractivity contribution is 5.99. The van der Waals surface area contributed by atoms with Crippen molar-refractivity contribution < 1.29 is 4.79 Å². The van der Waals surface area contributed by atoms with Crippen molar-refractivity contribution >= 4 is 11.6 Å². The number of rotatable bonds is 6. The Morgan fingerprint density at radius 3 is 2.81 bits per heavy atom. The third-order valence-electron chi connectivity index (χ3n) is 3.09. The van der Waals surface area contributed by atoms with Crippen LogP contribution in [0.4, 0.5) is 5.69 Å². The molecule has 0 fully saturated rings. The first-order chi connectivity index (χ1) is 10.1. The second-order valence-electron chi connectivity index (χ2n) is 4.97. The summed E-state index contributed by atoms with van der Waals surface area (Å²) in [5.74, 6) is 1.31. The lowest BCUT2D eigenvalue weighted by Crippen LogP contribution is -2.27. The number of aryl methyl sites for hydroxylation is 1. The molecule has 1 aromatic carbocycles. The fourth-order valence-corrected chi connectivity index (χ4v) is 2.03. The predicted molar refractivity (Wildman–Crippen MR) is 82.1 cm³/mol. The lowest BCUT2D eigenvalue weighted by atomic mass is 10.1. The third kappa shape index (κ3) is 3.81. The number of nitrogens with one attached hydrogen (secondary N) is 2. The summed E-state index contributed by atoms with van der Waals surface area (Å²) in [5.41, 5.74) is 1.53. The van der Waals surface area contributed by atoms with Crippen LogP contribution < -0.4 is 5.32 Å². The number of carbonyl (C=O) groups is 1. The van der Waals surface area contributed by atoms with Crippen LogP contribution in [-0.2, 0) is 6.54 Å². The number of H-pyrrole nitrogens is 1. The number of carbonyl (C=O) groups excluding carboxylic acids is 1. The van der Waals surface area contributed by atoms with Gasteiger partial charge in [-0.25, -0.2) is 4.98 Å². The average Bonchev–Trinajstić information content (AvgIpc) is 2.89. The van der Waals surface area contributed by atoms with E-state index in [4.69, 9.17) is 0 Å². The fourth-order valence-electron chi connectivity index (χ4n) is 2.03. The maximum absolute atomic E-state index is 12.6. The van der Waals surface area contributed by atoms with Gasteiger partial charge in [-0.1, -0.05) is 19.1 Å². The Labute approximate surface area is 124 Å². The molecule has 0 spiro atoms. The van der Waals surface area contributed by atoms with Crippen LogP contribution >= 0.6 is 0 Å². The second kappa shape index (κ2) is 6.88. The zero-order valence-corrected chi connectivity index (χ0v) is 12.7. The fraction of sp³-hybridized carbons (Fsp3) is 0.400. The van der Waals surface area contributed by atoms with Gasteiger partial charge in [-0.3, -0.25) is 9.89 Å². The second-order valence-corrected chi connectivity index (χ2v) is 4.97. The summed E-state index contributed by atoms with van der Waals surface area (Å²) in [6, 6.07) is 7.55. The quantitative estimate of drug-likeness (QED) is 0.854. The van der Waals surface area contributed by atoms with Crippen molar-refractivity contribution in [2.24, 2.45) is 0 Å². The Morgan fingerprint density at radius 1 is 1.38 bits per heavy atom. The Bertz CT molecular complexity index is 608. The summed E-state index contributed by atoms with van der Waals surface area (Å²) in [5, 5.41) is 10.1. The van der Waals surface area contributed by atoms with Gasteiger partial charge in [0.1, 0.15) is 5.82 Å². The first-order valence-corrected chi connectivity index (χ1v) is 7.08. The normalized spacial score (nSPS) is 10.4. The highest BCUT2D eigenvalue weighted by Crippen LogP contribution is 2.17. The Balaban J connectivity index is 2.11. The lowest BCUT2D eigenvalue weighted by Gasteiger charge is -2.18. The minimum absolute atomic E-state index is 0.0448. The van der Waals surface area contributed by atoms with Crippen molar-refractivity contribution in [3.63, 3.8) is 0 Å². The molecule has 0 saturated carbocycles. The molecule has 2 rings (SSSR count). The van der Waals surface area contributed by atoms with Gasteiger partial charge in [-0.2, -0.15) is 5.10 Å². The zero-order valence-electron chi connectivity index (χ0n) is 12.7. The smallest absolute Gasteiger partial charge is 0.256 e. The van der Waals surface area contributed by atoms with Crippen LogP contribution in [0.15, 0.2) is 24.3 Å². The van der Waals surface area contributed by atoms with Gasteiger partial charge in [0, 0.05) is 19.3 Å². The molecule has 1 aromatic heterocycles.